The van der Waals surface area contributed by atoms with Gasteiger partial charge in [0.1, 0.15) is 0 Å². The summed E-state index contributed by atoms with van der Waals surface area (Å²) in [5.74, 6) is -0.00599. The first-order chi connectivity index (χ1) is 9.69. The third-order valence-corrected chi connectivity index (χ3v) is 4.11. The lowest BCUT2D eigenvalue weighted by Gasteiger charge is -2.10. The summed E-state index contributed by atoms with van der Waals surface area (Å²) in [5.41, 5.74) is 4.46. The fraction of sp³-hybridized carbons (Fsp3) is 0.235. The number of carbonyl (C=O) groups excluding carboxylic acids is 1. The van der Waals surface area contributed by atoms with Gasteiger partial charge in [0, 0.05) is 10.7 Å². The molecule has 0 aromatic heterocycles. The molecule has 3 rings (SSSR count). The van der Waals surface area contributed by atoms with E-state index < -0.39 is 0 Å². The summed E-state index contributed by atoms with van der Waals surface area (Å²) in [5, 5.41) is 3.75. The number of hydrogen-bond donors (Lipinski definition) is 1. The van der Waals surface area contributed by atoms with Crippen molar-refractivity contribution in [3.8, 4) is 0 Å². The largest absolute Gasteiger partial charge is 0.325 e. The topological polar surface area (TPSA) is 29.1 Å². The second kappa shape index (κ2) is 5.29. The Bertz CT molecular complexity index is 649. The number of amides is 1. The van der Waals surface area contributed by atoms with Gasteiger partial charge in [-0.3, -0.25) is 4.79 Å². The zero-order valence-corrected chi connectivity index (χ0v) is 12.1. The molecule has 20 heavy (non-hydrogen) atoms. The summed E-state index contributed by atoms with van der Waals surface area (Å²) >= 11 is 5.90. The molecule has 1 aliphatic heterocycles. The van der Waals surface area contributed by atoms with Gasteiger partial charge in [0.15, 0.2) is 0 Å². The third kappa shape index (κ3) is 2.32. The summed E-state index contributed by atoms with van der Waals surface area (Å²) in [7, 11) is 0. The van der Waals surface area contributed by atoms with E-state index in [1.54, 1.807) is 0 Å². The molecular weight excluding hydrogens is 270 g/mol. The lowest BCUT2D eigenvalue weighted by molar-refractivity contribution is -0.117. The van der Waals surface area contributed by atoms with Crippen molar-refractivity contribution in [1.29, 1.82) is 0 Å². The van der Waals surface area contributed by atoms with Gasteiger partial charge in [-0.25, -0.2) is 0 Å². The van der Waals surface area contributed by atoms with E-state index in [1.807, 2.05) is 36.4 Å². The minimum absolute atomic E-state index is 0.0934. The van der Waals surface area contributed by atoms with Crippen molar-refractivity contribution in [2.24, 2.45) is 0 Å². The van der Waals surface area contributed by atoms with Crippen LogP contribution >= 0.6 is 11.6 Å². The Kier molecular flexibility index (Phi) is 3.49. The highest BCUT2D eigenvalue weighted by Gasteiger charge is 2.31. The molecule has 2 aromatic rings. The maximum Gasteiger partial charge on any atom is 0.232 e. The average Bonchev–Trinajstić information content (AvgIpc) is 2.77. The van der Waals surface area contributed by atoms with E-state index in [-0.39, 0.29) is 11.8 Å². The molecule has 0 fully saturated rings. The Labute approximate surface area is 123 Å². The number of fused-ring (bicyclic) bond motifs is 1. The van der Waals surface area contributed by atoms with Crippen LogP contribution in [0.1, 0.15) is 29.5 Å². The van der Waals surface area contributed by atoms with Crippen molar-refractivity contribution in [3.63, 3.8) is 0 Å². The van der Waals surface area contributed by atoms with E-state index in [2.05, 4.69) is 18.3 Å². The highest BCUT2D eigenvalue weighted by molar-refractivity contribution is 6.30. The number of anilines is 1. The lowest BCUT2D eigenvalue weighted by atomic mass is 9.92. The summed E-state index contributed by atoms with van der Waals surface area (Å²) in [6, 6.07) is 13.9. The van der Waals surface area contributed by atoms with Crippen LogP contribution in [-0.2, 0) is 17.6 Å². The number of hydrogen-bond acceptors (Lipinski definition) is 1. The Morgan fingerprint density at radius 1 is 1.15 bits per heavy atom. The average molecular weight is 286 g/mol. The van der Waals surface area contributed by atoms with Gasteiger partial charge in [-0.15, -0.1) is 0 Å². The van der Waals surface area contributed by atoms with Crippen molar-refractivity contribution in [2.45, 2.75) is 25.7 Å². The van der Waals surface area contributed by atoms with Crippen LogP contribution in [0.3, 0.4) is 0 Å². The van der Waals surface area contributed by atoms with Crippen LogP contribution < -0.4 is 5.32 Å². The quantitative estimate of drug-likeness (QED) is 0.900. The Morgan fingerprint density at radius 2 is 1.90 bits per heavy atom. The van der Waals surface area contributed by atoms with E-state index in [4.69, 9.17) is 11.6 Å². The maximum absolute atomic E-state index is 12.2. The van der Waals surface area contributed by atoms with Gasteiger partial charge in [0.05, 0.1) is 5.92 Å². The molecule has 0 saturated heterocycles. The van der Waals surface area contributed by atoms with E-state index >= 15 is 0 Å². The highest BCUT2D eigenvalue weighted by Crippen LogP contribution is 2.37. The molecule has 0 aliphatic carbocycles. The molecule has 102 valence electrons. The monoisotopic (exact) mass is 285 g/mol. The molecule has 1 atom stereocenters. The number of rotatable bonds is 3. The first-order valence-electron chi connectivity index (χ1n) is 6.86. The molecule has 2 aromatic carbocycles. The van der Waals surface area contributed by atoms with Gasteiger partial charge in [0.25, 0.3) is 0 Å². The first-order valence-corrected chi connectivity index (χ1v) is 7.24. The summed E-state index contributed by atoms with van der Waals surface area (Å²) in [6.07, 6.45) is 1.64. The predicted molar refractivity (Wildman–Crippen MR) is 82.3 cm³/mol. The van der Waals surface area contributed by atoms with Gasteiger partial charge in [0.2, 0.25) is 5.91 Å². The van der Waals surface area contributed by atoms with E-state index in [9.17, 15) is 4.79 Å². The van der Waals surface area contributed by atoms with Crippen molar-refractivity contribution < 1.29 is 4.79 Å². The van der Waals surface area contributed by atoms with Crippen LogP contribution in [0.25, 0.3) is 0 Å². The van der Waals surface area contributed by atoms with Crippen molar-refractivity contribution in [3.05, 3.63) is 64.2 Å². The van der Waals surface area contributed by atoms with Crippen molar-refractivity contribution >= 4 is 23.2 Å². The number of para-hydroxylation sites is 1. The van der Waals surface area contributed by atoms with Crippen LogP contribution in [0.4, 0.5) is 5.69 Å². The standard InChI is InChI=1S/C17H16ClNO/c1-2-12-4-3-5-14-15(17(20)19-16(12)14)10-11-6-8-13(18)9-7-11/h3-9,15H,2,10H2,1H3,(H,19,20)/t15-/m0/s1. The number of benzene rings is 2. The summed E-state index contributed by atoms with van der Waals surface area (Å²) < 4.78 is 0. The lowest BCUT2D eigenvalue weighted by Crippen LogP contribution is -2.14. The predicted octanol–water partition coefficient (Wildman–Crippen LogP) is 4.18. The van der Waals surface area contributed by atoms with Gasteiger partial charge >= 0.3 is 0 Å². The van der Waals surface area contributed by atoms with Gasteiger partial charge in [-0.05, 0) is 41.7 Å². The van der Waals surface area contributed by atoms with Gasteiger partial charge < -0.3 is 5.32 Å². The second-order valence-electron chi connectivity index (χ2n) is 5.11. The molecule has 1 N–H and O–H groups in total. The Morgan fingerprint density at radius 3 is 2.60 bits per heavy atom. The molecule has 1 heterocycles. The summed E-state index contributed by atoms with van der Waals surface area (Å²) in [6.45, 7) is 2.11. The van der Waals surface area contributed by atoms with Gasteiger partial charge in [-0.2, -0.15) is 0 Å². The first kappa shape index (κ1) is 13.2. The van der Waals surface area contributed by atoms with Gasteiger partial charge in [-0.1, -0.05) is 48.9 Å². The molecule has 0 saturated carbocycles. The molecule has 2 nitrogen and oxygen atoms in total. The van der Waals surface area contributed by atoms with Crippen LogP contribution in [0.15, 0.2) is 42.5 Å². The Hall–Kier alpha value is -1.80. The molecule has 3 heteroatoms. The number of halogens is 1. The van der Waals surface area contributed by atoms with E-state index in [1.165, 1.54) is 5.56 Å². The van der Waals surface area contributed by atoms with E-state index in [0.29, 0.717) is 6.42 Å². The normalized spacial score (nSPS) is 16.9. The van der Waals surface area contributed by atoms with E-state index in [0.717, 1.165) is 28.3 Å². The fourth-order valence-corrected chi connectivity index (χ4v) is 2.89. The number of carbonyl (C=O) groups is 1. The van der Waals surface area contributed by atoms with Crippen LogP contribution in [-0.4, -0.2) is 5.91 Å². The second-order valence-corrected chi connectivity index (χ2v) is 5.54. The van der Waals surface area contributed by atoms with Crippen LogP contribution in [0.2, 0.25) is 5.02 Å². The highest BCUT2D eigenvalue weighted by atomic mass is 35.5. The SMILES string of the molecule is CCc1cccc2c1NC(=O)[C@H]2Cc1ccc(Cl)cc1. The third-order valence-electron chi connectivity index (χ3n) is 3.86. The molecule has 0 unspecified atom stereocenters. The summed E-state index contributed by atoms with van der Waals surface area (Å²) in [4.78, 5) is 12.2. The zero-order valence-electron chi connectivity index (χ0n) is 11.3. The zero-order chi connectivity index (χ0) is 14.1. The Balaban J connectivity index is 1.92. The minimum atomic E-state index is -0.0994. The minimum Gasteiger partial charge on any atom is -0.325 e. The molecule has 0 spiro atoms. The van der Waals surface area contributed by atoms with Crippen LogP contribution in [0.5, 0.6) is 0 Å². The number of aryl methyl sites for hydroxylation is 1. The fourth-order valence-electron chi connectivity index (χ4n) is 2.77. The smallest absolute Gasteiger partial charge is 0.232 e. The maximum atomic E-state index is 12.2. The molecule has 1 aliphatic rings. The molecule has 0 radical (unpaired) electrons. The van der Waals surface area contributed by atoms with Crippen molar-refractivity contribution in [2.75, 3.05) is 5.32 Å². The number of nitrogens with one attached hydrogen (secondary N) is 1. The molecular formula is C17H16ClNO. The molecule has 0 bridgehead atoms. The van der Waals surface area contributed by atoms with Crippen molar-refractivity contribution in [1.82, 2.24) is 0 Å². The molecule has 1 amide bonds. The van der Waals surface area contributed by atoms with Crippen LogP contribution in [0, 0.1) is 0 Å².